The van der Waals surface area contributed by atoms with Crippen LogP contribution >= 0.6 is 0 Å². The second kappa shape index (κ2) is 22.0. The van der Waals surface area contributed by atoms with Gasteiger partial charge in [-0.1, -0.05) is 37.6 Å². The van der Waals surface area contributed by atoms with E-state index in [1.54, 1.807) is 42.3 Å². The van der Waals surface area contributed by atoms with Crippen molar-refractivity contribution in [2.24, 2.45) is 5.92 Å². The molecule has 0 aliphatic carbocycles. The number of para-hydroxylation sites is 2. The number of aliphatic hydroxyl groups excluding tert-OH is 1. The summed E-state index contributed by atoms with van der Waals surface area (Å²) in [6.45, 7) is 8.02. The molecular formula is C43H61N5O7. The third-order valence-electron chi connectivity index (χ3n) is 9.98. The Labute approximate surface area is 326 Å². The molecule has 0 bridgehead atoms. The number of fused-ring (bicyclic) bond motifs is 1. The number of amides is 3. The number of nitrogens with zero attached hydrogens (tertiary/aromatic N) is 2. The highest BCUT2D eigenvalue weighted by Gasteiger charge is 2.30. The van der Waals surface area contributed by atoms with Gasteiger partial charge in [-0.25, -0.2) is 0 Å². The van der Waals surface area contributed by atoms with Crippen LogP contribution in [-0.2, 0) is 20.9 Å². The number of hydrogen-bond acceptors (Lipinski definition) is 9. The van der Waals surface area contributed by atoms with Gasteiger partial charge < -0.3 is 40.6 Å². The molecule has 0 saturated carbocycles. The molecule has 12 heteroatoms. The van der Waals surface area contributed by atoms with Crippen molar-refractivity contribution >= 4 is 34.8 Å². The molecule has 4 rings (SSSR count). The summed E-state index contributed by atoms with van der Waals surface area (Å²) in [5, 5.41) is 16.1. The summed E-state index contributed by atoms with van der Waals surface area (Å²) in [5.74, 6) is 0.606. The smallest absolute Gasteiger partial charge is 0.258 e. The van der Waals surface area contributed by atoms with E-state index < -0.39 is 6.04 Å². The average Bonchev–Trinajstić information content (AvgIpc) is 3.17. The van der Waals surface area contributed by atoms with Crippen molar-refractivity contribution in [1.82, 2.24) is 9.80 Å². The zero-order valence-corrected chi connectivity index (χ0v) is 33.2. The normalized spacial score (nSPS) is 18.8. The van der Waals surface area contributed by atoms with Crippen LogP contribution in [0.15, 0.2) is 66.7 Å². The largest absolute Gasteiger partial charge is 0.497 e. The lowest BCUT2D eigenvalue weighted by molar-refractivity contribution is -0.116. The number of aliphatic hydroxyl groups is 1. The lowest BCUT2D eigenvalue weighted by Crippen LogP contribution is -2.47. The van der Waals surface area contributed by atoms with Gasteiger partial charge in [0, 0.05) is 50.7 Å². The summed E-state index contributed by atoms with van der Waals surface area (Å²) in [7, 11) is 3.72. The van der Waals surface area contributed by atoms with Crippen LogP contribution in [0, 0.1) is 5.92 Å². The minimum Gasteiger partial charge on any atom is -0.497 e. The topological polar surface area (TPSA) is 156 Å². The van der Waals surface area contributed by atoms with E-state index in [2.05, 4.69) is 41.6 Å². The number of carbonyl (C=O) groups excluding carboxylic acids is 3. The van der Waals surface area contributed by atoms with Gasteiger partial charge in [-0.2, -0.15) is 0 Å². The van der Waals surface area contributed by atoms with E-state index in [-0.39, 0.29) is 48.9 Å². The highest BCUT2D eigenvalue weighted by atomic mass is 16.5. The molecular weight excluding hydrogens is 699 g/mol. The van der Waals surface area contributed by atoms with Crippen LogP contribution in [0.1, 0.15) is 88.1 Å². The van der Waals surface area contributed by atoms with Crippen LogP contribution in [-0.4, -0.2) is 91.3 Å². The number of anilines is 3. The fraction of sp³-hybridized carbons (Fsp3) is 0.512. The van der Waals surface area contributed by atoms with Gasteiger partial charge in [-0.3, -0.25) is 19.3 Å². The average molecular weight is 760 g/mol. The van der Waals surface area contributed by atoms with E-state index in [1.165, 1.54) is 0 Å². The van der Waals surface area contributed by atoms with Gasteiger partial charge in [0.15, 0.2) is 0 Å². The SMILES string of the molecule is COc1ccc(CN(C)C[C@@H]2OCCCC[C@@H](C)Oc3ccc(NC(=O)CCCCCC(=O)Nc4ccccc4N)cc3C(=O)N([C@H](C)CO)C[C@@H]2C)cc1. The number of benzene rings is 3. The van der Waals surface area contributed by atoms with Crippen molar-refractivity contribution < 1.29 is 33.7 Å². The zero-order chi connectivity index (χ0) is 39.7. The zero-order valence-electron chi connectivity index (χ0n) is 33.2. The second-order valence-electron chi connectivity index (χ2n) is 14.8. The third-order valence-corrected chi connectivity index (χ3v) is 9.98. The standard InChI is InChI=1S/C43H61N5O7/c1-30-26-48(31(2)29-49)43(52)36-25-34(45-41(50)16-7-6-8-17-42(51)46-38-15-10-9-14-37(38)44)20-23-39(36)55-32(3)13-11-12-24-54-40(30)28-47(4)27-33-18-21-35(53-5)22-19-33/h9-10,14-15,18-23,25,30-32,40,49H,6-8,11-13,16-17,24,26-29,44H2,1-5H3,(H,45,50)(H,46,51)/t30-,31+,32+,40-/m0/s1. The number of methoxy groups -OCH3 is 1. The molecule has 4 atom stereocenters. The summed E-state index contributed by atoms with van der Waals surface area (Å²) >= 11 is 0. The van der Waals surface area contributed by atoms with Crippen molar-refractivity contribution in [3.63, 3.8) is 0 Å². The van der Waals surface area contributed by atoms with E-state index in [9.17, 15) is 19.5 Å². The maximum Gasteiger partial charge on any atom is 0.258 e. The Morgan fingerprint density at radius 3 is 2.40 bits per heavy atom. The molecule has 5 N–H and O–H groups in total. The van der Waals surface area contributed by atoms with E-state index in [4.69, 9.17) is 19.9 Å². The van der Waals surface area contributed by atoms with Gasteiger partial charge in [0.1, 0.15) is 11.5 Å². The Kier molecular flexibility index (Phi) is 17.3. The highest BCUT2D eigenvalue weighted by Crippen LogP contribution is 2.29. The Hall–Kier alpha value is -4.65. The fourth-order valence-corrected chi connectivity index (χ4v) is 6.67. The Balaban J connectivity index is 1.42. The predicted molar refractivity (Wildman–Crippen MR) is 217 cm³/mol. The molecule has 1 heterocycles. The van der Waals surface area contributed by atoms with Crippen LogP contribution in [0.2, 0.25) is 0 Å². The summed E-state index contributed by atoms with van der Waals surface area (Å²) in [4.78, 5) is 43.8. The first kappa shape index (κ1) is 43.1. The first-order chi connectivity index (χ1) is 26.5. The maximum absolute atomic E-state index is 14.5. The summed E-state index contributed by atoms with van der Waals surface area (Å²) in [6, 6.07) is 19.8. The van der Waals surface area contributed by atoms with Crippen LogP contribution in [0.3, 0.4) is 0 Å². The van der Waals surface area contributed by atoms with E-state index >= 15 is 0 Å². The molecule has 0 spiro atoms. The Bertz CT molecular complexity index is 1670. The first-order valence-electron chi connectivity index (χ1n) is 19.6. The molecule has 55 heavy (non-hydrogen) atoms. The van der Waals surface area contributed by atoms with Crippen LogP contribution < -0.4 is 25.8 Å². The highest BCUT2D eigenvalue weighted by molar-refractivity contribution is 6.00. The van der Waals surface area contributed by atoms with Crippen molar-refractivity contribution in [1.29, 1.82) is 0 Å². The number of ether oxygens (including phenoxy) is 3. The number of nitrogens with one attached hydrogen (secondary N) is 2. The number of rotatable bonds is 15. The van der Waals surface area contributed by atoms with E-state index in [0.717, 1.165) is 37.1 Å². The lowest BCUT2D eigenvalue weighted by Gasteiger charge is -2.36. The number of nitrogen functional groups attached to an aromatic ring is 1. The number of unbranched alkanes of at least 4 members (excludes halogenated alkanes) is 2. The first-order valence-corrected chi connectivity index (χ1v) is 19.6. The number of nitrogens with two attached hydrogens (primary N) is 1. The van der Waals surface area contributed by atoms with Crippen molar-refractivity contribution in [3.05, 3.63) is 77.9 Å². The minimum absolute atomic E-state index is 0.0621. The molecule has 300 valence electrons. The summed E-state index contributed by atoms with van der Waals surface area (Å²) in [5.41, 5.74) is 8.99. The molecule has 12 nitrogen and oxygen atoms in total. The van der Waals surface area contributed by atoms with Gasteiger partial charge in [0.25, 0.3) is 5.91 Å². The maximum atomic E-state index is 14.5. The monoisotopic (exact) mass is 759 g/mol. The molecule has 3 aromatic rings. The Morgan fingerprint density at radius 1 is 1.00 bits per heavy atom. The minimum atomic E-state index is -0.476. The molecule has 0 saturated heterocycles. The molecule has 3 amide bonds. The van der Waals surface area contributed by atoms with Crippen molar-refractivity contribution in [2.75, 3.05) is 56.8 Å². The van der Waals surface area contributed by atoms with Gasteiger partial charge >= 0.3 is 0 Å². The predicted octanol–water partition coefficient (Wildman–Crippen LogP) is 6.73. The van der Waals surface area contributed by atoms with E-state index in [1.807, 2.05) is 38.1 Å². The summed E-state index contributed by atoms with van der Waals surface area (Å²) < 4.78 is 18.2. The van der Waals surface area contributed by atoms with Gasteiger partial charge in [-0.15, -0.1) is 0 Å². The van der Waals surface area contributed by atoms with Crippen LogP contribution in [0.25, 0.3) is 0 Å². The number of hydrogen-bond donors (Lipinski definition) is 4. The Morgan fingerprint density at radius 2 is 1.71 bits per heavy atom. The molecule has 0 radical (unpaired) electrons. The molecule has 1 aliphatic heterocycles. The van der Waals surface area contributed by atoms with Crippen molar-refractivity contribution in [3.8, 4) is 11.5 Å². The quantitative estimate of drug-likeness (QED) is 0.0975. The molecule has 1 aliphatic rings. The third kappa shape index (κ3) is 13.9. The molecule has 0 unspecified atom stereocenters. The van der Waals surface area contributed by atoms with Crippen LogP contribution in [0.4, 0.5) is 17.1 Å². The van der Waals surface area contributed by atoms with Crippen molar-refractivity contribution in [2.45, 2.75) is 96.9 Å². The van der Waals surface area contributed by atoms with Gasteiger partial charge in [0.2, 0.25) is 11.8 Å². The van der Waals surface area contributed by atoms with Gasteiger partial charge in [0.05, 0.1) is 48.9 Å². The lowest BCUT2D eigenvalue weighted by atomic mass is 10.0. The second-order valence-corrected chi connectivity index (χ2v) is 14.8. The summed E-state index contributed by atoms with van der Waals surface area (Å²) in [6.07, 6.45) is 4.79. The van der Waals surface area contributed by atoms with E-state index in [0.29, 0.717) is 73.8 Å². The molecule has 3 aromatic carbocycles. The van der Waals surface area contributed by atoms with Crippen LogP contribution in [0.5, 0.6) is 11.5 Å². The molecule has 0 aromatic heterocycles. The number of likely N-dealkylation sites (N-methyl/N-ethyl adjacent to an activating group) is 1. The number of carbonyl (C=O) groups is 3. The fourth-order valence-electron chi connectivity index (χ4n) is 6.67. The van der Waals surface area contributed by atoms with Gasteiger partial charge in [-0.05, 0) is 101 Å². The molecule has 0 fully saturated rings.